The van der Waals surface area contributed by atoms with Gasteiger partial charge in [-0.05, 0) is 30.2 Å². The van der Waals surface area contributed by atoms with E-state index in [-0.39, 0.29) is 11.8 Å². The summed E-state index contributed by atoms with van der Waals surface area (Å²) in [6.45, 7) is 2.77. The van der Waals surface area contributed by atoms with Gasteiger partial charge in [0, 0.05) is 25.5 Å². The molecule has 144 valence electrons. The van der Waals surface area contributed by atoms with Crippen LogP contribution in [0.5, 0.6) is 0 Å². The van der Waals surface area contributed by atoms with Crippen LogP contribution in [-0.2, 0) is 17.9 Å². The quantitative estimate of drug-likeness (QED) is 0.644. The number of aromatic nitrogens is 2. The molecule has 2 aromatic carbocycles. The van der Waals surface area contributed by atoms with Crippen molar-refractivity contribution in [3.8, 4) is 0 Å². The van der Waals surface area contributed by atoms with E-state index in [1.165, 1.54) is 0 Å². The number of benzene rings is 2. The lowest BCUT2D eigenvalue weighted by Crippen LogP contribution is -2.44. The molecule has 0 saturated carbocycles. The Hall–Kier alpha value is -3.12. The van der Waals surface area contributed by atoms with Crippen LogP contribution in [0.2, 0.25) is 5.02 Å². The molecule has 0 aliphatic carbocycles. The fraction of sp³-hybridized carbons (Fsp3) is 0.190. The van der Waals surface area contributed by atoms with Crippen molar-refractivity contribution < 1.29 is 9.59 Å². The van der Waals surface area contributed by atoms with Gasteiger partial charge in [-0.15, -0.1) is 0 Å². The van der Waals surface area contributed by atoms with Crippen molar-refractivity contribution >= 4 is 23.4 Å². The van der Waals surface area contributed by atoms with E-state index in [1.807, 2.05) is 35.0 Å². The molecule has 0 bridgehead atoms. The fourth-order valence-electron chi connectivity index (χ4n) is 2.68. The van der Waals surface area contributed by atoms with Gasteiger partial charge in [-0.3, -0.25) is 9.59 Å². The Bertz CT molecular complexity index is 939. The van der Waals surface area contributed by atoms with Crippen molar-refractivity contribution in [2.45, 2.75) is 26.1 Å². The number of carbonyl (C=O) groups excluding carboxylic acids is 2. The number of halogens is 1. The summed E-state index contributed by atoms with van der Waals surface area (Å²) in [7, 11) is 0. The Morgan fingerprint density at radius 1 is 1.11 bits per heavy atom. The van der Waals surface area contributed by atoms with Crippen LogP contribution >= 0.6 is 11.6 Å². The van der Waals surface area contributed by atoms with Gasteiger partial charge in [0.25, 0.3) is 5.91 Å². The van der Waals surface area contributed by atoms with Crippen LogP contribution in [-0.4, -0.2) is 27.4 Å². The molecule has 1 heterocycles. The molecule has 3 rings (SSSR count). The van der Waals surface area contributed by atoms with Crippen molar-refractivity contribution in [2.24, 2.45) is 0 Å². The molecule has 7 heteroatoms. The summed E-state index contributed by atoms with van der Waals surface area (Å²) in [5.41, 5.74) is 2.47. The number of imidazole rings is 1. The first-order valence-electron chi connectivity index (χ1n) is 8.89. The minimum atomic E-state index is -0.677. The molecule has 28 heavy (non-hydrogen) atoms. The highest BCUT2D eigenvalue weighted by Crippen LogP contribution is 2.14. The molecule has 0 aliphatic rings. The summed E-state index contributed by atoms with van der Waals surface area (Å²) in [6.07, 6.45) is 5.43. The third-order valence-electron chi connectivity index (χ3n) is 4.27. The van der Waals surface area contributed by atoms with Crippen molar-refractivity contribution in [1.82, 2.24) is 20.2 Å². The topological polar surface area (TPSA) is 76.0 Å². The maximum atomic E-state index is 12.3. The van der Waals surface area contributed by atoms with E-state index < -0.39 is 6.04 Å². The number of nitrogens with zero attached hydrogens (tertiary/aromatic N) is 2. The minimum Gasteiger partial charge on any atom is -0.350 e. The molecule has 2 N–H and O–H groups in total. The maximum absolute atomic E-state index is 12.3. The van der Waals surface area contributed by atoms with Crippen LogP contribution in [0.4, 0.5) is 0 Å². The lowest BCUT2D eigenvalue weighted by molar-refractivity contribution is -0.122. The summed E-state index contributed by atoms with van der Waals surface area (Å²) in [4.78, 5) is 28.5. The van der Waals surface area contributed by atoms with Gasteiger partial charge in [-0.2, -0.15) is 0 Å². The summed E-state index contributed by atoms with van der Waals surface area (Å²) in [5.74, 6) is -0.639. The standard InChI is InChI=1S/C21H21ClN4O2/c1-15(25-21(28)18-4-2-3-5-19(18)22)20(27)24-12-16-6-8-17(9-7-16)13-26-11-10-23-14-26/h2-11,14-15H,12-13H2,1H3,(H,24,27)(H,25,28). The minimum absolute atomic E-state index is 0.261. The van der Waals surface area contributed by atoms with Gasteiger partial charge in [0.1, 0.15) is 6.04 Å². The first-order valence-corrected chi connectivity index (χ1v) is 9.27. The molecule has 0 fully saturated rings. The predicted molar refractivity (Wildman–Crippen MR) is 108 cm³/mol. The Labute approximate surface area is 168 Å². The first-order chi connectivity index (χ1) is 13.5. The molecule has 1 atom stereocenters. The number of nitrogens with one attached hydrogen (secondary N) is 2. The molecule has 1 unspecified atom stereocenters. The summed E-state index contributed by atoms with van der Waals surface area (Å²) in [6, 6.07) is 14.0. The zero-order chi connectivity index (χ0) is 19.9. The van der Waals surface area contributed by atoms with Crippen LogP contribution in [0.1, 0.15) is 28.4 Å². The molecular weight excluding hydrogens is 376 g/mol. The molecule has 3 aromatic rings. The lowest BCUT2D eigenvalue weighted by atomic mass is 10.1. The third kappa shape index (κ3) is 5.20. The lowest BCUT2D eigenvalue weighted by Gasteiger charge is -2.15. The fourth-order valence-corrected chi connectivity index (χ4v) is 2.90. The van der Waals surface area contributed by atoms with Gasteiger partial charge in [0.2, 0.25) is 5.91 Å². The normalized spacial score (nSPS) is 11.6. The van der Waals surface area contributed by atoms with Gasteiger partial charge >= 0.3 is 0 Å². The highest BCUT2D eigenvalue weighted by molar-refractivity contribution is 6.33. The number of amides is 2. The smallest absolute Gasteiger partial charge is 0.253 e. The summed E-state index contributed by atoms with van der Waals surface area (Å²) in [5, 5.41) is 5.85. The molecule has 0 saturated heterocycles. The number of hydrogen-bond acceptors (Lipinski definition) is 3. The van der Waals surface area contributed by atoms with Crippen molar-refractivity contribution in [3.63, 3.8) is 0 Å². The van der Waals surface area contributed by atoms with Crippen LogP contribution < -0.4 is 10.6 Å². The van der Waals surface area contributed by atoms with Crippen LogP contribution in [0.15, 0.2) is 67.3 Å². The van der Waals surface area contributed by atoms with E-state index in [1.54, 1.807) is 43.7 Å². The second-order valence-corrected chi connectivity index (χ2v) is 6.85. The molecule has 2 amide bonds. The highest BCUT2D eigenvalue weighted by Gasteiger charge is 2.17. The average Bonchev–Trinajstić information content (AvgIpc) is 3.20. The van der Waals surface area contributed by atoms with Gasteiger partial charge in [0.05, 0.1) is 16.9 Å². The van der Waals surface area contributed by atoms with Crippen molar-refractivity contribution in [1.29, 1.82) is 0 Å². The zero-order valence-electron chi connectivity index (χ0n) is 15.4. The third-order valence-corrected chi connectivity index (χ3v) is 4.60. The SMILES string of the molecule is CC(NC(=O)c1ccccc1Cl)C(=O)NCc1ccc(Cn2ccnc2)cc1. The maximum Gasteiger partial charge on any atom is 0.253 e. The molecule has 0 aliphatic heterocycles. The summed E-state index contributed by atoms with van der Waals surface area (Å²) >= 11 is 6.01. The molecule has 0 radical (unpaired) electrons. The van der Waals surface area contributed by atoms with E-state index in [0.717, 1.165) is 17.7 Å². The number of carbonyl (C=O) groups is 2. The van der Waals surface area contributed by atoms with Crippen LogP contribution in [0.25, 0.3) is 0 Å². The zero-order valence-corrected chi connectivity index (χ0v) is 16.2. The van der Waals surface area contributed by atoms with E-state index in [0.29, 0.717) is 17.1 Å². The van der Waals surface area contributed by atoms with Crippen LogP contribution in [0, 0.1) is 0 Å². The van der Waals surface area contributed by atoms with Crippen molar-refractivity contribution in [2.75, 3.05) is 0 Å². The second kappa shape index (κ2) is 9.19. The Morgan fingerprint density at radius 2 is 1.82 bits per heavy atom. The highest BCUT2D eigenvalue weighted by atomic mass is 35.5. The Kier molecular flexibility index (Phi) is 6.45. The van der Waals surface area contributed by atoms with Gasteiger partial charge in [0.15, 0.2) is 0 Å². The first kappa shape index (κ1) is 19.6. The van der Waals surface area contributed by atoms with Gasteiger partial charge in [-0.1, -0.05) is 48.0 Å². The van der Waals surface area contributed by atoms with E-state index >= 15 is 0 Å². The monoisotopic (exact) mass is 396 g/mol. The van der Waals surface area contributed by atoms with E-state index in [4.69, 9.17) is 11.6 Å². The average molecular weight is 397 g/mol. The molecule has 0 spiro atoms. The van der Waals surface area contributed by atoms with E-state index in [9.17, 15) is 9.59 Å². The molecule has 6 nitrogen and oxygen atoms in total. The molecular formula is C21H21ClN4O2. The predicted octanol–water partition coefficient (Wildman–Crippen LogP) is 3.02. The number of rotatable bonds is 7. The largest absolute Gasteiger partial charge is 0.350 e. The van der Waals surface area contributed by atoms with Gasteiger partial charge < -0.3 is 15.2 Å². The number of hydrogen-bond donors (Lipinski definition) is 2. The second-order valence-electron chi connectivity index (χ2n) is 6.44. The molecule has 1 aromatic heterocycles. The summed E-state index contributed by atoms with van der Waals surface area (Å²) < 4.78 is 1.99. The Morgan fingerprint density at radius 3 is 2.50 bits per heavy atom. The van der Waals surface area contributed by atoms with Gasteiger partial charge in [-0.25, -0.2) is 4.98 Å². The Balaban J connectivity index is 1.49. The van der Waals surface area contributed by atoms with Crippen LogP contribution in [0.3, 0.4) is 0 Å². The van der Waals surface area contributed by atoms with Crippen molar-refractivity contribution in [3.05, 3.63) is 89.0 Å². The van der Waals surface area contributed by atoms with E-state index in [2.05, 4.69) is 15.6 Å².